The number of nitro benzene ring substituents is 1. The van der Waals surface area contributed by atoms with Gasteiger partial charge < -0.3 is 19.5 Å². The number of amides is 1. The van der Waals surface area contributed by atoms with Crippen LogP contribution in [0.25, 0.3) is 0 Å². The van der Waals surface area contributed by atoms with Crippen LogP contribution in [0.3, 0.4) is 0 Å². The van der Waals surface area contributed by atoms with Crippen LogP contribution in [0.15, 0.2) is 36.4 Å². The molecule has 0 fully saturated rings. The molecule has 0 spiro atoms. The third-order valence-electron chi connectivity index (χ3n) is 3.44. The minimum Gasteiger partial charge on any atom is -0.496 e. The minimum atomic E-state index is -0.569. The first-order valence-corrected chi connectivity index (χ1v) is 7.12. The van der Waals surface area contributed by atoms with Gasteiger partial charge >= 0.3 is 0 Å². The molecule has 1 heterocycles. The molecule has 8 heteroatoms. The summed E-state index contributed by atoms with van der Waals surface area (Å²) in [7, 11) is 1.39. The van der Waals surface area contributed by atoms with Gasteiger partial charge in [-0.2, -0.15) is 0 Å². The van der Waals surface area contributed by atoms with E-state index < -0.39 is 10.8 Å². The summed E-state index contributed by atoms with van der Waals surface area (Å²) < 4.78 is 16.0. The van der Waals surface area contributed by atoms with E-state index in [1.807, 2.05) is 0 Å². The van der Waals surface area contributed by atoms with Crippen LogP contribution in [0, 0.1) is 10.1 Å². The van der Waals surface area contributed by atoms with Gasteiger partial charge in [-0.25, -0.2) is 0 Å². The molecule has 0 saturated carbocycles. The number of nitro groups is 1. The third kappa shape index (κ3) is 3.07. The number of benzene rings is 2. The SMILES string of the molecule is COc1ccc([N+](=O)[O-])cc1C(=O)Nc1ccc2c(c1)OCCO2. The lowest BCUT2D eigenvalue weighted by atomic mass is 10.1. The number of ether oxygens (including phenoxy) is 3. The maximum absolute atomic E-state index is 12.5. The van der Waals surface area contributed by atoms with E-state index in [0.29, 0.717) is 30.4 Å². The van der Waals surface area contributed by atoms with Crippen molar-refractivity contribution in [3.63, 3.8) is 0 Å². The molecule has 2 aromatic carbocycles. The zero-order valence-corrected chi connectivity index (χ0v) is 12.8. The highest BCUT2D eigenvalue weighted by Gasteiger charge is 2.19. The van der Waals surface area contributed by atoms with Gasteiger partial charge in [-0.05, 0) is 18.2 Å². The van der Waals surface area contributed by atoms with Crippen molar-refractivity contribution in [2.75, 3.05) is 25.6 Å². The van der Waals surface area contributed by atoms with Crippen molar-refractivity contribution in [2.24, 2.45) is 0 Å². The van der Waals surface area contributed by atoms with E-state index in [1.54, 1.807) is 18.2 Å². The monoisotopic (exact) mass is 330 g/mol. The fourth-order valence-corrected chi connectivity index (χ4v) is 2.31. The van der Waals surface area contributed by atoms with E-state index in [2.05, 4.69) is 5.32 Å². The van der Waals surface area contributed by atoms with Crippen LogP contribution in [-0.4, -0.2) is 31.2 Å². The lowest BCUT2D eigenvalue weighted by Gasteiger charge is -2.19. The first-order chi connectivity index (χ1) is 11.6. The Morgan fingerprint density at radius 3 is 2.62 bits per heavy atom. The van der Waals surface area contributed by atoms with Gasteiger partial charge in [0.1, 0.15) is 19.0 Å². The number of hydrogen-bond acceptors (Lipinski definition) is 6. The highest BCUT2D eigenvalue weighted by atomic mass is 16.6. The van der Waals surface area contributed by atoms with Gasteiger partial charge in [0, 0.05) is 23.9 Å². The highest BCUT2D eigenvalue weighted by molar-refractivity contribution is 6.06. The molecule has 1 N–H and O–H groups in total. The molecule has 0 unspecified atom stereocenters. The Balaban J connectivity index is 1.87. The van der Waals surface area contributed by atoms with E-state index in [4.69, 9.17) is 14.2 Å². The number of hydrogen-bond donors (Lipinski definition) is 1. The van der Waals surface area contributed by atoms with Gasteiger partial charge in [0.2, 0.25) is 0 Å². The predicted octanol–water partition coefficient (Wildman–Crippen LogP) is 2.63. The van der Waals surface area contributed by atoms with Crippen molar-refractivity contribution in [1.82, 2.24) is 0 Å². The van der Waals surface area contributed by atoms with Crippen LogP contribution in [0.1, 0.15) is 10.4 Å². The summed E-state index contributed by atoms with van der Waals surface area (Å²) in [5, 5.41) is 13.6. The molecule has 1 amide bonds. The van der Waals surface area contributed by atoms with E-state index in [9.17, 15) is 14.9 Å². The van der Waals surface area contributed by atoms with Crippen molar-refractivity contribution >= 4 is 17.3 Å². The van der Waals surface area contributed by atoms with E-state index in [0.717, 1.165) is 0 Å². The second kappa shape index (κ2) is 6.45. The summed E-state index contributed by atoms with van der Waals surface area (Å²) in [5.41, 5.74) is 0.363. The maximum Gasteiger partial charge on any atom is 0.270 e. The molecule has 0 aliphatic carbocycles. The average molecular weight is 330 g/mol. The Morgan fingerprint density at radius 1 is 1.17 bits per heavy atom. The number of nitrogens with zero attached hydrogens (tertiary/aromatic N) is 1. The second-order valence-electron chi connectivity index (χ2n) is 4.95. The summed E-state index contributed by atoms with van der Waals surface area (Å²) in [6, 6.07) is 8.82. The van der Waals surface area contributed by atoms with Crippen LogP contribution in [-0.2, 0) is 0 Å². The van der Waals surface area contributed by atoms with Crippen LogP contribution < -0.4 is 19.5 Å². The lowest BCUT2D eigenvalue weighted by molar-refractivity contribution is -0.384. The number of carbonyl (C=O) groups is 1. The summed E-state index contributed by atoms with van der Waals surface area (Å²) in [4.78, 5) is 22.8. The zero-order valence-electron chi connectivity index (χ0n) is 12.8. The summed E-state index contributed by atoms with van der Waals surface area (Å²) in [6.07, 6.45) is 0. The van der Waals surface area contributed by atoms with Crippen molar-refractivity contribution in [3.8, 4) is 17.2 Å². The van der Waals surface area contributed by atoms with Gasteiger partial charge in [0.15, 0.2) is 11.5 Å². The van der Waals surface area contributed by atoms with Crippen molar-refractivity contribution in [3.05, 3.63) is 52.1 Å². The van der Waals surface area contributed by atoms with E-state index in [-0.39, 0.29) is 17.0 Å². The summed E-state index contributed by atoms with van der Waals surface area (Å²) in [6.45, 7) is 0.909. The normalized spacial score (nSPS) is 12.4. The molecule has 2 aromatic rings. The van der Waals surface area contributed by atoms with Gasteiger partial charge in [-0.3, -0.25) is 14.9 Å². The summed E-state index contributed by atoms with van der Waals surface area (Å²) in [5.74, 6) is 0.861. The lowest BCUT2D eigenvalue weighted by Crippen LogP contribution is -2.17. The number of rotatable bonds is 4. The Bertz CT molecular complexity index is 805. The van der Waals surface area contributed by atoms with Gasteiger partial charge in [-0.1, -0.05) is 0 Å². The van der Waals surface area contributed by atoms with Gasteiger partial charge in [-0.15, -0.1) is 0 Å². The van der Waals surface area contributed by atoms with Crippen LogP contribution in [0.2, 0.25) is 0 Å². The second-order valence-corrected chi connectivity index (χ2v) is 4.95. The third-order valence-corrected chi connectivity index (χ3v) is 3.44. The van der Waals surface area contributed by atoms with Crippen LogP contribution >= 0.6 is 0 Å². The van der Waals surface area contributed by atoms with Crippen LogP contribution in [0.5, 0.6) is 17.2 Å². The molecule has 8 nitrogen and oxygen atoms in total. The van der Waals surface area contributed by atoms with Crippen molar-refractivity contribution in [1.29, 1.82) is 0 Å². The molecule has 0 bridgehead atoms. The standard InChI is InChI=1S/C16H14N2O6/c1-22-13-5-3-11(18(20)21)9-12(13)16(19)17-10-2-4-14-15(8-10)24-7-6-23-14/h2-5,8-9H,6-7H2,1H3,(H,17,19). The topological polar surface area (TPSA) is 99.9 Å². The first kappa shape index (κ1) is 15.6. The smallest absolute Gasteiger partial charge is 0.270 e. The van der Waals surface area contributed by atoms with Gasteiger partial charge in [0.25, 0.3) is 11.6 Å². The molecule has 0 radical (unpaired) electrons. The fourth-order valence-electron chi connectivity index (χ4n) is 2.31. The van der Waals surface area contributed by atoms with Crippen molar-refractivity contribution in [2.45, 2.75) is 0 Å². The van der Waals surface area contributed by atoms with E-state index >= 15 is 0 Å². The maximum atomic E-state index is 12.5. The zero-order chi connectivity index (χ0) is 17.1. The number of methoxy groups -OCH3 is 1. The number of non-ortho nitro benzene ring substituents is 1. The molecule has 0 saturated heterocycles. The van der Waals surface area contributed by atoms with Gasteiger partial charge in [0.05, 0.1) is 17.6 Å². The average Bonchev–Trinajstić information content (AvgIpc) is 2.60. The Kier molecular flexibility index (Phi) is 4.19. The largest absolute Gasteiger partial charge is 0.496 e. The van der Waals surface area contributed by atoms with Crippen molar-refractivity contribution < 1.29 is 23.9 Å². The molecular weight excluding hydrogens is 316 g/mol. The number of carbonyl (C=O) groups excluding carboxylic acids is 1. The highest BCUT2D eigenvalue weighted by Crippen LogP contribution is 2.33. The predicted molar refractivity (Wildman–Crippen MR) is 85.0 cm³/mol. The molecule has 3 rings (SSSR count). The number of fused-ring (bicyclic) bond motifs is 1. The Labute approximate surface area is 137 Å². The molecule has 0 atom stereocenters. The fraction of sp³-hybridized carbons (Fsp3) is 0.188. The number of anilines is 1. The number of nitrogens with one attached hydrogen (secondary N) is 1. The molecular formula is C16H14N2O6. The molecule has 1 aliphatic heterocycles. The quantitative estimate of drug-likeness (QED) is 0.683. The Morgan fingerprint density at radius 2 is 1.92 bits per heavy atom. The van der Waals surface area contributed by atoms with E-state index in [1.165, 1.54) is 25.3 Å². The molecule has 124 valence electrons. The Hall–Kier alpha value is -3.29. The molecule has 24 heavy (non-hydrogen) atoms. The van der Waals surface area contributed by atoms with Crippen LogP contribution in [0.4, 0.5) is 11.4 Å². The molecule has 1 aliphatic rings. The summed E-state index contributed by atoms with van der Waals surface area (Å²) >= 11 is 0. The first-order valence-electron chi connectivity index (χ1n) is 7.12. The molecule has 0 aromatic heterocycles. The minimum absolute atomic E-state index is 0.0709.